The fourth-order valence-electron chi connectivity index (χ4n) is 8.03. The summed E-state index contributed by atoms with van der Waals surface area (Å²) in [6.07, 6.45) is 8.87. The smallest absolute Gasteiger partial charge is 0.410 e. The van der Waals surface area contributed by atoms with E-state index >= 15 is 0 Å². The summed E-state index contributed by atoms with van der Waals surface area (Å²) >= 11 is 0. The number of anilines is 1. The summed E-state index contributed by atoms with van der Waals surface area (Å²) < 4.78 is 12.4. The molecular formula is C34H38N2O3. The summed E-state index contributed by atoms with van der Waals surface area (Å²) in [6, 6.07) is 23.1. The van der Waals surface area contributed by atoms with E-state index < -0.39 is 0 Å². The predicted octanol–water partition coefficient (Wildman–Crippen LogP) is 7.02. The third-order valence-electron chi connectivity index (χ3n) is 9.81. The summed E-state index contributed by atoms with van der Waals surface area (Å²) in [6.45, 7) is 2.65. The van der Waals surface area contributed by atoms with Crippen LogP contribution < -0.4 is 10.1 Å². The lowest BCUT2D eigenvalue weighted by Crippen LogP contribution is -2.62. The summed E-state index contributed by atoms with van der Waals surface area (Å²) in [5, 5.41) is 3.70. The van der Waals surface area contributed by atoms with Gasteiger partial charge >= 0.3 is 6.09 Å². The molecule has 4 aliphatic rings. The van der Waals surface area contributed by atoms with E-state index in [1.165, 1.54) is 53.6 Å². The molecule has 0 radical (unpaired) electrons. The van der Waals surface area contributed by atoms with E-state index in [4.69, 9.17) is 9.47 Å². The number of carbonyl (C=O) groups is 1. The molecule has 2 fully saturated rings. The molecule has 7 rings (SSSR count). The molecule has 5 nitrogen and oxygen atoms in total. The van der Waals surface area contributed by atoms with Crippen molar-refractivity contribution in [2.45, 2.75) is 76.0 Å². The average molecular weight is 523 g/mol. The van der Waals surface area contributed by atoms with Gasteiger partial charge in [0.1, 0.15) is 19.0 Å². The fourth-order valence-corrected chi connectivity index (χ4v) is 8.03. The Morgan fingerprint density at radius 1 is 0.923 bits per heavy atom. The number of nitrogens with one attached hydrogen (secondary N) is 1. The van der Waals surface area contributed by atoms with Crippen molar-refractivity contribution in [2.24, 2.45) is 5.92 Å². The number of amides is 1. The SMILES string of the molecule is O=C(OCc1ccccc1)N1CC[C@@]23CCCCC2[C@@H]1Cc1c3cc(OCc2ccccc2)c2c1CCCN2. The highest BCUT2D eigenvalue weighted by Crippen LogP contribution is 2.58. The molecule has 2 heterocycles. The zero-order valence-electron chi connectivity index (χ0n) is 22.7. The first-order chi connectivity index (χ1) is 19.2. The Kier molecular flexibility index (Phi) is 6.46. The second kappa shape index (κ2) is 10.3. The van der Waals surface area contributed by atoms with Gasteiger partial charge in [0.05, 0.1) is 5.69 Å². The van der Waals surface area contributed by atoms with Crippen molar-refractivity contribution in [3.63, 3.8) is 0 Å². The maximum absolute atomic E-state index is 13.5. The zero-order valence-corrected chi connectivity index (χ0v) is 22.7. The first kappa shape index (κ1) is 24.6. The van der Waals surface area contributed by atoms with E-state index in [2.05, 4.69) is 46.6 Å². The standard InChI is InChI=1S/C34H38N2O3/c37-33(39-23-25-12-5-2-6-13-25)36-19-17-34-16-8-7-15-28(34)30(36)20-27-26-14-9-18-35-32(26)31(21-29(27)34)38-22-24-10-3-1-4-11-24/h1-6,10-13,21,28,30,35H,7-9,14-20,22-23H2/t28?,30-,34-/m0/s1. The molecule has 1 saturated heterocycles. The van der Waals surface area contributed by atoms with Gasteiger partial charge in [0.15, 0.2) is 0 Å². The minimum Gasteiger partial charge on any atom is -0.487 e. The van der Waals surface area contributed by atoms with Crippen LogP contribution in [0.3, 0.4) is 0 Å². The Balaban J connectivity index is 1.23. The highest BCUT2D eigenvalue weighted by Gasteiger charge is 2.56. The lowest BCUT2D eigenvalue weighted by atomic mass is 9.52. The van der Waals surface area contributed by atoms with Crippen molar-refractivity contribution in [1.82, 2.24) is 4.90 Å². The van der Waals surface area contributed by atoms with Crippen LogP contribution in [0, 0.1) is 5.92 Å². The molecule has 0 spiro atoms. The van der Waals surface area contributed by atoms with Gasteiger partial charge < -0.3 is 19.7 Å². The van der Waals surface area contributed by atoms with Crippen LogP contribution >= 0.6 is 0 Å². The molecule has 3 aromatic carbocycles. The molecule has 2 aliphatic carbocycles. The van der Waals surface area contributed by atoms with Gasteiger partial charge in [0.25, 0.3) is 0 Å². The maximum Gasteiger partial charge on any atom is 0.410 e. The number of rotatable bonds is 5. The van der Waals surface area contributed by atoms with E-state index in [1.807, 2.05) is 30.3 Å². The van der Waals surface area contributed by atoms with Crippen molar-refractivity contribution >= 4 is 11.8 Å². The second-order valence-electron chi connectivity index (χ2n) is 11.8. The largest absolute Gasteiger partial charge is 0.487 e. The van der Waals surface area contributed by atoms with E-state index in [9.17, 15) is 4.79 Å². The van der Waals surface area contributed by atoms with Gasteiger partial charge in [0.2, 0.25) is 0 Å². The number of piperidine rings is 1. The molecule has 1 amide bonds. The summed E-state index contributed by atoms with van der Waals surface area (Å²) in [5.41, 5.74) is 7.96. The van der Waals surface area contributed by atoms with Crippen molar-refractivity contribution in [2.75, 3.05) is 18.4 Å². The molecule has 1 N–H and O–H groups in total. The van der Waals surface area contributed by atoms with Crippen LogP contribution in [0.5, 0.6) is 5.75 Å². The second-order valence-corrected chi connectivity index (χ2v) is 11.8. The number of benzene rings is 3. The number of likely N-dealkylation sites (tertiary alicyclic amines) is 1. The third kappa shape index (κ3) is 4.36. The minimum atomic E-state index is -0.152. The molecule has 3 atom stereocenters. The fraction of sp³-hybridized carbons (Fsp3) is 0.441. The van der Waals surface area contributed by atoms with Crippen molar-refractivity contribution in [3.05, 3.63) is 94.5 Å². The molecule has 39 heavy (non-hydrogen) atoms. The van der Waals surface area contributed by atoms with Crippen LogP contribution in [0.2, 0.25) is 0 Å². The highest BCUT2D eigenvalue weighted by molar-refractivity contribution is 5.72. The first-order valence-corrected chi connectivity index (χ1v) is 14.8. The van der Waals surface area contributed by atoms with E-state index in [1.54, 1.807) is 0 Å². The van der Waals surface area contributed by atoms with Crippen molar-refractivity contribution in [1.29, 1.82) is 0 Å². The normalized spacial score (nSPS) is 25.0. The van der Waals surface area contributed by atoms with Crippen LogP contribution in [0.4, 0.5) is 10.5 Å². The van der Waals surface area contributed by atoms with Crippen LogP contribution in [-0.2, 0) is 36.2 Å². The molecular weight excluding hydrogens is 484 g/mol. The van der Waals surface area contributed by atoms with Gasteiger partial charge in [-0.15, -0.1) is 0 Å². The van der Waals surface area contributed by atoms with Crippen LogP contribution in [0.25, 0.3) is 0 Å². The van der Waals surface area contributed by atoms with Crippen LogP contribution in [0.1, 0.15) is 66.3 Å². The Morgan fingerprint density at radius 3 is 2.49 bits per heavy atom. The Bertz CT molecular complexity index is 1340. The summed E-state index contributed by atoms with van der Waals surface area (Å²) in [4.78, 5) is 15.6. The Hall–Kier alpha value is -3.47. The molecule has 3 aromatic rings. The van der Waals surface area contributed by atoms with Crippen molar-refractivity contribution < 1.29 is 14.3 Å². The number of fused-ring (bicyclic) bond motifs is 3. The third-order valence-corrected chi connectivity index (χ3v) is 9.81. The van der Waals surface area contributed by atoms with Crippen LogP contribution in [0.15, 0.2) is 66.7 Å². The zero-order chi connectivity index (χ0) is 26.2. The van der Waals surface area contributed by atoms with Crippen molar-refractivity contribution in [3.8, 4) is 5.75 Å². The topological polar surface area (TPSA) is 50.8 Å². The maximum atomic E-state index is 13.5. The molecule has 1 unspecified atom stereocenters. The average Bonchev–Trinajstić information content (AvgIpc) is 3.00. The number of carbonyl (C=O) groups excluding carboxylic acids is 1. The molecule has 2 bridgehead atoms. The van der Waals surface area contributed by atoms with Gasteiger partial charge in [-0.1, -0.05) is 73.5 Å². The Morgan fingerprint density at radius 2 is 1.69 bits per heavy atom. The monoisotopic (exact) mass is 522 g/mol. The minimum absolute atomic E-state index is 0.129. The number of hydrogen-bond acceptors (Lipinski definition) is 4. The summed E-state index contributed by atoms with van der Waals surface area (Å²) in [7, 11) is 0. The number of nitrogens with zero attached hydrogens (tertiary/aromatic N) is 1. The molecule has 5 heteroatoms. The highest BCUT2D eigenvalue weighted by atomic mass is 16.6. The van der Waals surface area contributed by atoms with E-state index in [0.717, 1.165) is 50.1 Å². The van der Waals surface area contributed by atoms with Gasteiger partial charge in [-0.25, -0.2) is 4.79 Å². The van der Waals surface area contributed by atoms with E-state index in [-0.39, 0.29) is 17.6 Å². The first-order valence-electron chi connectivity index (χ1n) is 14.8. The summed E-state index contributed by atoms with van der Waals surface area (Å²) in [5.74, 6) is 1.49. The Labute approximate surface area is 231 Å². The number of hydrogen-bond donors (Lipinski definition) is 1. The molecule has 1 saturated carbocycles. The molecule has 202 valence electrons. The van der Waals surface area contributed by atoms with Gasteiger partial charge in [-0.05, 0) is 78.3 Å². The van der Waals surface area contributed by atoms with Crippen LogP contribution in [-0.4, -0.2) is 30.1 Å². The predicted molar refractivity (Wildman–Crippen MR) is 153 cm³/mol. The number of ether oxygens (including phenoxy) is 2. The van der Waals surface area contributed by atoms with Gasteiger partial charge in [-0.2, -0.15) is 0 Å². The van der Waals surface area contributed by atoms with Gasteiger partial charge in [-0.3, -0.25) is 0 Å². The van der Waals surface area contributed by atoms with E-state index in [0.29, 0.717) is 19.1 Å². The van der Waals surface area contributed by atoms with Gasteiger partial charge in [0, 0.05) is 24.5 Å². The quantitative estimate of drug-likeness (QED) is 0.391. The lowest BCUT2D eigenvalue weighted by molar-refractivity contribution is -0.0139. The lowest BCUT2D eigenvalue weighted by Gasteiger charge is -2.59. The molecule has 0 aromatic heterocycles. The molecule has 2 aliphatic heterocycles.